The Bertz CT molecular complexity index is 371. The molecular formula is C11H16Cl2FN3S. The summed E-state index contributed by atoms with van der Waals surface area (Å²) in [5.74, 6) is -0.0742. The van der Waals surface area contributed by atoms with Gasteiger partial charge in [-0.15, -0.1) is 3.89 Å². The summed E-state index contributed by atoms with van der Waals surface area (Å²) in [5.41, 5.74) is 0.887. The van der Waals surface area contributed by atoms with Crippen LogP contribution in [-0.2, 0) is 0 Å². The quantitative estimate of drug-likeness (QED) is 0.794. The number of nitrogens with zero attached hydrogens (tertiary/aromatic N) is 2. The van der Waals surface area contributed by atoms with E-state index in [2.05, 4.69) is 17.2 Å². The molecule has 0 aromatic heterocycles. The van der Waals surface area contributed by atoms with Crippen molar-refractivity contribution >= 4 is 40.7 Å². The van der Waals surface area contributed by atoms with Crippen molar-refractivity contribution < 1.29 is 3.89 Å². The maximum Gasteiger partial charge on any atom is 0.166 e. The highest BCUT2D eigenvalue weighted by Gasteiger charge is 2.16. The molecule has 0 saturated heterocycles. The Morgan fingerprint density at radius 2 is 2.33 bits per heavy atom. The van der Waals surface area contributed by atoms with Crippen LogP contribution in [0, 0.1) is 5.92 Å². The molecule has 7 heteroatoms. The van der Waals surface area contributed by atoms with Gasteiger partial charge in [-0.05, 0) is 12.5 Å². The van der Waals surface area contributed by atoms with Gasteiger partial charge in [-0.1, -0.05) is 37.0 Å². The zero-order valence-electron chi connectivity index (χ0n) is 10.3. The van der Waals surface area contributed by atoms with Crippen LogP contribution in [-0.4, -0.2) is 22.7 Å². The highest BCUT2D eigenvalue weighted by molar-refractivity contribution is 7.92. The van der Waals surface area contributed by atoms with Crippen molar-refractivity contribution in [3.8, 4) is 0 Å². The van der Waals surface area contributed by atoms with Crippen LogP contribution in [0.2, 0.25) is 0 Å². The van der Waals surface area contributed by atoms with Crippen molar-refractivity contribution in [2.24, 2.45) is 10.9 Å². The van der Waals surface area contributed by atoms with Crippen LogP contribution in [0.4, 0.5) is 3.89 Å². The Morgan fingerprint density at radius 3 is 2.94 bits per heavy atom. The van der Waals surface area contributed by atoms with Crippen LogP contribution in [0.3, 0.4) is 0 Å². The molecule has 102 valence electrons. The fourth-order valence-electron chi connectivity index (χ4n) is 1.39. The fraction of sp³-hybridized carbons (Fsp3) is 0.545. The first kappa shape index (κ1) is 15.7. The van der Waals surface area contributed by atoms with Gasteiger partial charge >= 0.3 is 0 Å². The molecule has 0 amide bonds. The third kappa shape index (κ3) is 4.71. The van der Waals surface area contributed by atoms with E-state index in [1.54, 1.807) is 6.08 Å². The first-order valence-electron chi connectivity index (χ1n) is 5.66. The number of allylic oxidation sites excluding steroid dienone is 2. The van der Waals surface area contributed by atoms with E-state index < -0.39 is 0 Å². The van der Waals surface area contributed by atoms with Gasteiger partial charge < -0.3 is 5.32 Å². The Balaban J connectivity index is 2.98. The van der Waals surface area contributed by atoms with Crippen LogP contribution >= 0.6 is 35.5 Å². The summed E-state index contributed by atoms with van der Waals surface area (Å²) >= 11 is 12.2. The van der Waals surface area contributed by atoms with Crippen LogP contribution < -0.4 is 5.32 Å². The average molecular weight is 312 g/mol. The second kappa shape index (κ2) is 7.92. The van der Waals surface area contributed by atoms with E-state index in [1.165, 1.54) is 10.5 Å². The lowest BCUT2D eigenvalue weighted by Gasteiger charge is -2.18. The van der Waals surface area contributed by atoms with E-state index in [9.17, 15) is 3.89 Å². The predicted molar refractivity (Wildman–Crippen MR) is 78.2 cm³/mol. The third-order valence-corrected chi connectivity index (χ3v) is 3.50. The zero-order valence-corrected chi connectivity index (χ0v) is 12.6. The molecule has 0 radical (unpaired) electrons. The second-order valence-corrected chi connectivity index (χ2v) is 5.30. The van der Waals surface area contributed by atoms with Crippen molar-refractivity contribution in [3.05, 3.63) is 23.0 Å². The zero-order chi connectivity index (χ0) is 13.5. The van der Waals surface area contributed by atoms with Crippen molar-refractivity contribution in [2.45, 2.75) is 20.3 Å². The molecule has 1 atom stereocenters. The number of rotatable bonds is 4. The summed E-state index contributed by atoms with van der Waals surface area (Å²) in [5, 5.41) is 4.13. The van der Waals surface area contributed by atoms with Gasteiger partial charge in [-0.25, -0.2) is 0 Å². The number of aliphatic imine (C=N–C) groups is 1. The molecule has 0 spiro atoms. The van der Waals surface area contributed by atoms with Gasteiger partial charge in [0, 0.05) is 29.4 Å². The lowest BCUT2D eigenvalue weighted by molar-refractivity contribution is 0.605. The van der Waals surface area contributed by atoms with E-state index in [-0.39, 0.29) is 24.9 Å². The summed E-state index contributed by atoms with van der Waals surface area (Å²) in [6.07, 6.45) is 4.27. The molecule has 0 aromatic carbocycles. The summed E-state index contributed by atoms with van der Waals surface area (Å²) in [6, 6.07) is 0. The van der Waals surface area contributed by atoms with E-state index >= 15 is 0 Å². The topological polar surface area (TPSA) is 27.6 Å². The number of hydrogen-bond acceptors (Lipinski definition) is 4. The molecule has 18 heavy (non-hydrogen) atoms. The Labute approximate surface area is 122 Å². The van der Waals surface area contributed by atoms with Crippen molar-refractivity contribution in [1.29, 1.82) is 0 Å². The molecule has 0 bridgehead atoms. The van der Waals surface area contributed by atoms with Crippen molar-refractivity contribution in [2.75, 3.05) is 13.2 Å². The van der Waals surface area contributed by atoms with Crippen LogP contribution in [0.5, 0.6) is 0 Å². The third-order valence-electron chi connectivity index (χ3n) is 2.45. The van der Waals surface area contributed by atoms with Crippen molar-refractivity contribution in [1.82, 2.24) is 9.62 Å². The smallest absolute Gasteiger partial charge is 0.166 e. The number of nitrogens with one attached hydrogen (secondary N) is 1. The molecule has 0 saturated carbocycles. The number of hydrogen-bond donors (Lipinski definition) is 1. The molecular weight excluding hydrogens is 296 g/mol. The summed E-state index contributed by atoms with van der Waals surface area (Å²) < 4.78 is 13.9. The molecule has 3 nitrogen and oxygen atoms in total. The van der Waals surface area contributed by atoms with Gasteiger partial charge in [0.25, 0.3) is 0 Å². The van der Waals surface area contributed by atoms with Gasteiger partial charge in [0.15, 0.2) is 12.3 Å². The fourth-order valence-corrected chi connectivity index (χ4v) is 2.11. The summed E-state index contributed by atoms with van der Waals surface area (Å²) in [4.78, 5) is 4.05. The molecule has 0 aromatic rings. The Morgan fingerprint density at radius 1 is 1.61 bits per heavy atom. The van der Waals surface area contributed by atoms with Crippen LogP contribution in [0.25, 0.3) is 0 Å². The monoisotopic (exact) mass is 311 g/mol. The maximum atomic E-state index is 12.6. The molecule has 1 rings (SSSR count). The first-order chi connectivity index (χ1) is 8.58. The minimum absolute atomic E-state index is 0.0677. The highest BCUT2D eigenvalue weighted by Crippen LogP contribution is 2.26. The van der Waals surface area contributed by atoms with Crippen LogP contribution in [0.15, 0.2) is 28.0 Å². The maximum absolute atomic E-state index is 12.6. The largest absolute Gasteiger partial charge is 0.388 e. The lowest BCUT2D eigenvalue weighted by Crippen LogP contribution is -2.20. The van der Waals surface area contributed by atoms with E-state index in [0.29, 0.717) is 10.2 Å². The average Bonchev–Trinajstić information content (AvgIpc) is 2.41. The lowest BCUT2D eigenvalue weighted by atomic mass is 10.1. The van der Waals surface area contributed by atoms with Gasteiger partial charge in [-0.2, -0.15) is 0 Å². The predicted octanol–water partition coefficient (Wildman–Crippen LogP) is 4.03. The summed E-state index contributed by atoms with van der Waals surface area (Å²) in [6.45, 7) is 4.96. The van der Waals surface area contributed by atoms with Gasteiger partial charge in [0.2, 0.25) is 0 Å². The molecule has 1 unspecified atom stereocenters. The SMILES string of the molecule is CCCN/C1=C/C(Cl)=NCN(SF)/C=C(/Cl)C1C. The normalized spacial score (nSPS) is 27.1. The molecule has 0 fully saturated rings. The van der Waals surface area contributed by atoms with Crippen molar-refractivity contribution in [3.63, 3.8) is 0 Å². The molecule has 1 aliphatic heterocycles. The summed E-state index contributed by atoms with van der Waals surface area (Å²) in [7, 11) is 0. The minimum atomic E-state index is -0.0742. The molecule has 1 N–H and O–H groups in total. The standard InChI is InChI=1S/C11H16Cl2FN3S/c1-3-4-15-10-5-11(13)16-7-17(18-14)6-9(12)8(10)2/h5-6,8,15H,3-4,7H2,1-2H3/b9-6+,10-5+,16-11?. The Kier molecular flexibility index (Phi) is 6.89. The minimum Gasteiger partial charge on any atom is -0.388 e. The van der Waals surface area contributed by atoms with E-state index in [0.717, 1.165) is 18.7 Å². The number of halogens is 3. The second-order valence-electron chi connectivity index (χ2n) is 3.87. The van der Waals surface area contributed by atoms with E-state index in [4.69, 9.17) is 23.2 Å². The highest BCUT2D eigenvalue weighted by atomic mass is 35.5. The van der Waals surface area contributed by atoms with Gasteiger partial charge in [-0.3, -0.25) is 9.30 Å². The van der Waals surface area contributed by atoms with Gasteiger partial charge in [0.1, 0.15) is 11.8 Å². The molecule has 1 heterocycles. The van der Waals surface area contributed by atoms with Gasteiger partial charge in [0.05, 0.1) is 0 Å². The molecule has 1 aliphatic rings. The Hall–Kier alpha value is -0.390. The molecule has 0 aliphatic carbocycles. The van der Waals surface area contributed by atoms with Crippen LogP contribution in [0.1, 0.15) is 20.3 Å². The van der Waals surface area contributed by atoms with E-state index in [1.807, 2.05) is 6.92 Å². The first-order valence-corrected chi connectivity index (χ1v) is 7.09.